The van der Waals surface area contributed by atoms with E-state index in [9.17, 15) is 4.39 Å². The Morgan fingerprint density at radius 1 is 1.29 bits per heavy atom. The van der Waals surface area contributed by atoms with Crippen LogP contribution in [0.1, 0.15) is 42.5 Å². The standard InChI is InChI=1S/C12H16FN/c1-8(14)12-10-5-3-2-4-9(10)6-7-11(12)13/h6-8H,2-5,14H2,1H3. The molecule has 2 heteroatoms. The summed E-state index contributed by atoms with van der Waals surface area (Å²) in [6.07, 6.45) is 4.45. The molecule has 1 aromatic rings. The second-order valence-corrected chi connectivity index (χ2v) is 4.09. The second-order valence-electron chi connectivity index (χ2n) is 4.09. The molecular formula is C12H16FN. The largest absolute Gasteiger partial charge is 0.324 e. The molecule has 1 unspecified atom stereocenters. The first-order valence-corrected chi connectivity index (χ1v) is 5.26. The van der Waals surface area contributed by atoms with Crippen LogP contribution in [0.25, 0.3) is 0 Å². The maximum Gasteiger partial charge on any atom is 0.128 e. The maximum atomic E-state index is 13.5. The third-order valence-electron chi connectivity index (χ3n) is 2.98. The minimum atomic E-state index is -0.192. The van der Waals surface area contributed by atoms with E-state index in [0.717, 1.165) is 24.8 Å². The second kappa shape index (κ2) is 3.70. The van der Waals surface area contributed by atoms with E-state index in [1.807, 2.05) is 13.0 Å². The van der Waals surface area contributed by atoms with Gasteiger partial charge in [0.1, 0.15) is 5.82 Å². The highest BCUT2D eigenvalue weighted by Crippen LogP contribution is 2.29. The summed E-state index contributed by atoms with van der Waals surface area (Å²) in [5, 5.41) is 0. The van der Waals surface area contributed by atoms with Crippen LogP contribution in [0.2, 0.25) is 0 Å². The van der Waals surface area contributed by atoms with E-state index in [1.54, 1.807) is 6.07 Å². The van der Waals surface area contributed by atoms with Gasteiger partial charge < -0.3 is 5.73 Å². The minimum absolute atomic E-state index is 0.138. The van der Waals surface area contributed by atoms with Crippen molar-refractivity contribution in [3.8, 4) is 0 Å². The molecule has 0 fully saturated rings. The fourth-order valence-corrected chi connectivity index (χ4v) is 2.32. The molecule has 0 saturated heterocycles. The first kappa shape index (κ1) is 9.66. The van der Waals surface area contributed by atoms with Gasteiger partial charge in [-0.1, -0.05) is 6.07 Å². The zero-order chi connectivity index (χ0) is 10.1. The molecule has 0 bridgehead atoms. The summed E-state index contributed by atoms with van der Waals surface area (Å²) in [5.74, 6) is -0.138. The molecule has 0 aliphatic heterocycles. The van der Waals surface area contributed by atoms with Gasteiger partial charge in [-0.05, 0) is 49.8 Å². The molecule has 1 aliphatic carbocycles. The Morgan fingerprint density at radius 2 is 2.00 bits per heavy atom. The van der Waals surface area contributed by atoms with Gasteiger partial charge in [0, 0.05) is 11.6 Å². The molecule has 1 nitrogen and oxygen atoms in total. The van der Waals surface area contributed by atoms with E-state index < -0.39 is 0 Å². The van der Waals surface area contributed by atoms with E-state index in [2.05, 4.69) is 0 Å². The molecule has 2 N–H and O–H groups in total. The van der Waals surface area contributed by atoms with Gasteiger partial charge >= 0.3 is 0 Å². The lowest BCUT2D eigenvalue weighted by Crippen LogP contribution is -2.15. The number of benzene rings is 1. The summed E-state index contributed by atoms with van der Waals surface area (Å²) in [5.41, 5.74) is 9.01. The molecule has 1 atom stereocenters. The van der Waals surface area contributed by atoms with Crippen molar-refractivity contribution >= 4 is 0 Å². The van der Waals surface area contributed by atoms with Gasteiger partial charge in [-0.2, -0.15) is 0 Å². The number of rotatable bonds is 1. The van der Waals surface area contributed by atoms with Crippen LogP contribution in [0.15, 0.2) is 12.1 Å². The number of halogens is 1. The number of hydrogen-bond acceptors (Lipinski definition) is 1. The van der Waals surface area contributed by atoms with Crippen LogP contribution in [0.4, 0.5) is 4.39 Å². The molecule has 14 heavy (non-hydrogen) atoms. The fourth-order valence-electron chi connectivity index (χ4n) is 2.32. The summed E-state index contributed by atoms with van der Waals surface area (Å²) in [4.78, 5) is 0. The monoisotopic (exact) mass is 193 g/mol. The van der Waals surface area contributed by atoms with Crippen LogP contribution in [0.5, 0.6) is 0 Å². The van der Waals surface area contributed by atoms with Crippen molar-refractivity contribution < 1.29 is 4.39 Å². The lowest BCUT2D eigenvalue weighted by atomic mass is 9.86. The number of hydrogen-bond donors (Lipinski definition) is 1. The van der Waals surface area contributed by atoms with Gasteiger partial charge in [-0.15, -0.1) is 0 Å². The smallest absolute Gasteiger partial charge is 0.128 e. The quantitative estimate of drug-likeness (QED) is 0.729. The first-order valence-electron chi connectivity index (χ1n) is 5.26. The molecule has 1 aliphatic rings. The van der Waals surface area contributed by atoms with Crippen molar-refractivity contribution in [2.45, 2.75) is 38.6 Å². The average Bonchev–Trinajstić information content (AvgIpc) is 2.17. The third-order valence-corrected chi connectivity index (χ3v) is 2.98. The normalized spacial score (nSPS) is 17.6. The van der Waals surface area contributed by atoms with E-state index in [1.165, 1.54) is 17.5 Å². The SMILES string of the molecule is CC(N)c1c(F)ccc2c1CCCC2. The number of nitrogens with two attached hydrogens (primary N) is 1. The predicted molar refractivity (Wildman–Crippen MR) is 55.6 cm³/mol. The molecule has 76 valence electrons. The Labute approximate surface area is 84.1 Å². The topological polar surface area (TPSA) is 26.0 Å². The zero-order valence-electron chi connectivity index (χ0n) is 8.52. The van der Waals surface area contributed by atoms with Gasteiger partial charge in [0.25, 0.3) is 0 Å². The maximum absolute atomic E-state index is 13.5. The average molecular weight is 193 g/mol. The van der Waals surface area contributed by atoms with Crippen molar-refractivity contribution in [2.75, 3.05) is 0 Å². The van der Waals surface area contributed by atoms with Crippen molar-refractivity contribution in [2.24, 2.45) is 5.73 Å². The first-order chi connectivity index (χ1) is 6.70. The summed E-state index contributed by atoms with van der Waals surface area (Å²) in [6, 6.07) is 3.28. The van der Waals surface area contributed by atoms with E-state index >= 15 is 0 Å². The van der Waals surface area contributed by atoms with Crippen molar-refractivity contribution in [1.82, 2.24) is 0 Å². The van der Waals surface area contributed by atoms with Crippen molar-refractivity contribution in [1.29, 1.82) is 0 Å². The Morgan fingerprint density at radius 3 is 2.71 bits per heavy atom. The van der Waals surface area contributed by atoms with Crippen molar-refractivity contribution in [3.05, 3.63) is 34.6 Å². The van der Waals surface area contributed by atoms with Crippen LogP contribution in [0.3, 0.4) is 0 Å². The highest BCUT2D eigenvalue weighted by Gasteiger charge is 2.18. The fraction of sp³-hybridized carbons (Fsp3) is 0.500. The lowest BCUT2D eigenvalue weighted by Gasteiger charge is -2.21. The van der Waals surface area contributed by atoms with E-state index in [0.29, 0.717) is 0 Å². The third kappa shape index (κ3) is 1.55. The van der Waals surface area contributed by atoms with Gasteiger partial charge in [0.2, 0.25) is 0 Å². The lowest BCUT2D eigenvalue weighted by molar-refractivity contribution is 0.575. The summed E-state index contributed by atoms with van der Waals surface area (Å²) in [7, 11) is 0. The van der Waals surface area contributed by atoms with Crippen LogP contribution < -0.4 is 5.73 Å². The Hall–Kier alpha value is -0.890. The van der Waals surface area contributed by atoms with Crippen LogP contribution in [0, 0.1) is 5.82 Å². The summed E-state index contributed by atoms with van der Waals surface area (Å²) >= 11 is 0. The molecule has 0 saturated carbocycles. The molecule has 0 radical (unpaired) electrons. The van der Waals surface area contributed by atoms with Gasteiger partial charge in [0.05, 0.1) is 0 Å². The van der Waals surface area contributed by atoms with Gasteiger partial charge in [-0.25, -0.2) is 4.39 Å². The molecule has 1 aromatic carbocycles. The van der Waals surface area contributed by atoms with Gasteiger partial charge in [0.15, 0.2) is 0 Å². The van der Waals surface area contributed by atoms with Gasteiger partial charge in [-0.3, -0.25) is 0 Å². The highest BCUT2D eigenvalue weighted by molar-refractivity contribution is 5.39. The summed E-state index contributed by atoms with van der Waals surface area (Å²) in [6.45, 7) is 1.85. The van der Waals surface area contributed by atoms with E-state index in [4.69, 9.17) is 5.73 Å². The van der Waals surface area contributed by atoms with Crippen LogP contribution in [-0.2, 0) is 12.8 Å². The Bertz CT molecular complexity index is 344. The molecule has 0 aromatic heterocycles. The molecule has 0 heterocycles. The number of fused-ring (bicyclic) bond motifs is 1. The number of aryl methyl sites for hydroxylation is 1. The zero-order valence-corrected chi connectivity index (χ0v) is 8.52. The Balaban J connectivity index is 2.55. The van der Waals surface area contributed by atoms with E-state index in [-0.39, 0.29) is 11.9 Å². The van der Waals surface area contributed by atoms with Crippen LogP contribution >= 0.6 is 0 Å². The predicted octanol–water partition coefficient (Wildman–Crippen LogP) is 2.72. The molecular weight excluding hydrogens is 177 g/mol. The van der Waals surface area contributed by atoms with Crippen molar-refractivity contribution in [3.63, 3.8) is 0 Å². The highest BCUT2D eigenvalue weighted by atomic mass is 19.1. The summed E-state index contributed by atoms with van der Waals surface area (Å²) < 4.78 is 13.5. The molecule has 0 spiro atoms. The minimum Gasteiger partial charge on any atom is -0.324 e. The van der Waals surface area contributed by atoms with Crippen LogP contribution in [-0.4, -0.2) is 0 Å². The Kier molecular flexibility index (Phi) is 2.55. The molecule has 0 amide bonds. The molecule has 2 rings (SSSR count).